The summed E-state index contributed by atoms with van der Waals surface area (Å²) in [5.74, 6) is -0.973. The Morgan fingerprint density at radius 3 is 2.73 bits per heavy atom. The molecule has 1 aliphatic carbocycles. The third-order valence-electron chi connectivity index (χ3n) is 4.49. The second-order valence-electron chi connectivity index (χ2n) is 6.46. The van der Waals surface area contributed by atoms with Crippen molar-refractivity contribution in [2.45, 2.75) is 25.3 Å². The molecule has 0 spiro atoms. The normalized spacial score (nSPS) is 16.6. The maximum atomic E-state index is 13.5. The van der Waals surface area contributed by atoms with E-state index >= 15 is 0 Å². The van der Waals surface area contributed by atoms with E-state index < -0.39 is 21.7 Å². The van der Waals surface area contributed by atoms with Crippen LogP contribution in [0.5, 0.6) is 0 Å². The number of hydrogen-bond acceptors (Lipinski definition) is 3. The molecular formula is C19H21FN2O3S. The monoisotopic (exact) mass is 376 g/mol. The molecule has 0 saturated heterocycles. The molecule has 0 saturated carbocycles. The fourth-order valence-corrected chi connectivity index (χ4v) is 4.15. The van der Waals surface area contributed by atoms with Crippen molar-refractivity contribution in [3.05, 3.63) is 65.5 Å². The second kappa shape index (κ2) is 7.45. The Balaban J connectivity index is 1.77. The van der Waals surface area contributed by atoms with Gasteiger partial charge in [-0.25, -0.2) is 12.8 Å². The molecule has 1 amide bonds. The highest BCUT2D eigenvalue weighted by Gasteiger charge is 2.25. The molecule has 1 atom stereocenters. The summed E-state index contributed by atoms with van der Waals surface area (Å²) in [5, 5.41) is 2.92. The van der Waals surface area contributed by atoms with Crippen molar-refractivity contribution < 1.29 is 17.6 Å². The van der Waals surface area contributed by atoms with Crippen LogP contribution in [0.2, 0.25) is 0 Å². The van der Waals surface area contributed by atoms with E-state index in [1.165, 1.54) is 23.8 Å². The number of rotatable bonds is 5. The highest BCUT2D eigenvalue weighted by Crippen LogP contribution is 2.29. The van der Waals surface area contributed by atoms with Gasteiger partial charge in [0.25, 0.3) is 0 Å². The van der Waals surface area contributed by atoms with Gasteiger partial charge in [0.2, 0.25) is 15.9 Å². The van der Waals surface area contributed by atoms with Crippen LogP contribution in [0, 0.1) is 5.82 Å². The molecule has 0 heterocycles. The van der Waals surface area contributed by atoms with Gasteiger partial charge in [-0.15, -0.1) is 0 Å². The molecule has 7 heteroatoms. The van der Waals surface area contributed by atoms with Crippen molar-refractivity contribution in [2.75, 3.05) is 17.1 Å². The summed E-state index contributed by atoms with van der Waals surface area (Å²) in [6.45, 7) is -0.388. The molecule has 0 fully saturated rings. The van der Waals surface area contributed by atoms with Crippen molar-refractivity contribution in [1.82, 2.24) is 5.32 Å². The standard InChI is InChI=1S/C19H21FN2O3S/c1-26(24,25)22(16-9-5-8-15(20)12-16)13-19(23)21-18-11-4-7-14-6-2-3-10-17(14)18/h2-3,5-6,8-10,12,18H,4,7,11,13H2,1H3,(H,21,23). The van der Waals surface area contributed by atoms with Gasteiger partial charge in [-0.2, -0.15) is 0 Å². The number of nitrogens with zero attached hydrogens (tertiary/aromatic N) is 1. The smallest absolute Gasteiger partial charge is 0.241 e. The molecule has 5 nitrogen and oxygen atoms in total. The first-order valence-electron chi connectivity index (χ1n) is 8.45. The van der Waals surface area contributed by atoms with Crippen LogP contribution in [0.25, 0.3) is 0 Å². The van der Waals surface area contributed by atoms with Crippen molar-refractivity contribution in [1.29, 1.82) is 0 Å². The molecule has 2 aromatic rings. The summed E-state index contributed by atoms with van der Waals surface area (Å²) >= 11 is 0. The van der Waals surface area contributed by atoms with E-state index in [1.54, 1.807) is 0 Å². The molecule has 2 aromatic carbocycles. The number of carbonyl (C=O) groups is 1. The number of benzene rings is 2. The second-order valence-corrected chi connectivity index (χ2v) is 8.37. The molecule has 1 N–H and O–H groups in total. The Morgan fingerprint density at radius 1 is 1.23 bits per heavy atom. The summed E-state index contributed by atoms with van der Waals surface area (Å²) in [5.41, 5.74) is 2.41. The Morgan fingerprint density at radius 2 is 2.00 bits per heavy atom. The lowest BCUT2D eigenvalue weighted by Crippen LogP contribution is -2.42. The maximum absolute atomic E-state index is 13.5. The summed E-state index contributed by atoms with van der Waals surface area (Å²) in [6, 6.07) is 13.0. The van der Waals surface area contributed by atoms with Crippen molar-refractivity contribution >= 4 is 21.6 Å². The van der Waals surface area contributed by atoms with Crippen molar-refractivity contribution in [2.24, 2.45) is 0 Å². The van der Waals surface area contributed by atoms with Crippen LogP contribution in [-0.2, 0) is 21.2 Å². The van der Waals surface area contributed by atoms with Crippen molar-refractivity contribution in [3.63, 3.8) is 0 Å². The molecule has 3 rings (SSSR count). The minimum absolute atomic E-state index is 0.131. The van der Waals surface area contributed by atoms with Crippen LogP contribution >= 0.6 is 0 Å². The topological polar surface area (TPSA) is 66.5 Å². The highest BCUT2D eigenvalue weighted by atomic mass is 32.2. The zero-order valence-electron chi connectivity index (χ0n) is 14.5. The van der Waals surface area contributed by atoms with E-state index in [-0.39, 0.29) is 18.3 Å². The SMILES string of the molecule is CS(=O)(=O)N(CC(=O)NC1CCCc2ccccc21)c1cccc(F)c1. The quantitative estimate of drug-likeness (QED) is 0.873. The number of carbonyl (C=O) groups excluding carboxylic acids is 1. The van der Waals surface area contributed by atoms with E-state index in [4.69, 9.17) is 0 Å². The largest absolute Gasteiger partial charge is 0.348 e. The zero-order chi connectivity index (χ0) is 18.7. The van der Waals surface area contributed by atoms with E-state index in [1.807, 2.05) is 24.3 Å². The lowest BCUT2D eigenvalue weighted by atomic mass is 9.88. The molecule has 0 radical (unpaired) electrons. The Hall–Kier alpha value is -2.41. The van der Waals surface area contributed by atoms with Gasteiger partial charge in [-0.05, 0) is 48.6 Å². The third kappa shape index (κ3) is 4.22. The molecule has 1 unspecified atom stereocenters. The molecule has 138 valence electrons. The molecular weight excluding hydrogens is 355 g/mol. The Kier molecular flexibility index (Phi) is 5.27. The summed E-state index contributed by atoms with van der Waals surface area (Å²) in [4.78, 5) is 12.5. The summed E-state index contributed by atoms with van der Waals surface area (Å²) in [6.07, 6.45) is 3.74. The van der Waals surface area contributed by atoms with Crippen LogP contribution in [0.3, 0.4) is 0 Å². The number of halogens is 1. The van der Waals surface area contributed by atoms with Gasteiger partial charge < -0.3 is 5.32 Å². The average Bonchev–Trinajstić information content (AvgIpc) is 2.59. The summed E-state index contributed by atoms with van der Waals surface area (Å²) in [7, 11) is -3.73. The van der Waals surface area contributed by atoms with Crippen molar-refractivity contribution in [3.8, 4) is 0 Å². The zero-order valence-corrected chi connectivity index (χ0v) is 15.3. The minimum atomic E-state index is -3.73. The van der Waals surface area contributed by atoms with Gasteiger partial charge in [0, 0.05) is 0 Å². The number of fused-ring (bicyclic) bond motifs is 1. The van der Waals surface area contributed by atoms with Crippen LogP contribution < -0.4 is 9.62 Å². The lowest BCUT2D eigenvalue weighted by Gasteiger charge is -2.28. The predicted molar refractivity (Wildman–Crippen MR) is 98.9 cm³/mol. The number of aryl methyl sites for hydroxylation is 1. The van der Waals surface area contributed by atoms with Crippen LogP contribution in [0.1, 0.15) is 30.0 Å². The molecule has 1 aliphatic rings. The average molecular weight is 376 g/mol. The van der Waals surface area contributed by atoms with E-state index in [9.17, 15) is 17.6 Å². The number of hydrogen-bond donors (Lipinski definition) is 1. The highest BCUT2D eigenvalue weighted by molar-refractivity contribution is 7.92. The Bertz CT molecular complexity index is 915. The predicted octanol–water partition coefficient (Wildman–Crippen LogP) is 2.79. The van der Waals surface area contributed by atoms with E-state index in [0.717, 1.165) is 41.5 Å². The first kappa shape index (κ1) is 18.4. The fraction of sp³-hybridized carbons (Fsp3) is 0.316. The first-order chi connectivity index (χ1) is 12.3. The molecule has 0 aromatic heterocycles. The number of amides is 1. The number of anilines is 1. The fourth-order valence-electron chi connectivity index (χ4n) is 3.31. The summed E-state index contributed by atoms with van der Waals surface area (Å²) < 4.78 is 38.6. The molecule has 0 aliphatic heterocycles. The minimum Gasteiger partial charge on any atom is -0.348 e. The van der Waals surface area contributed by atoms with Crippen LogP contribution in [-0.4, -0.2) is 27.1 Å². The first-order valence-corrected chi connectivity index (χ1v) is 10.3. The molecule has 0 bridgehead atoms. The number of sulfonamides is 1. The van der Waals surface area contributed by atoms with Gasteiger partial charge in [0.05, 0.1) is 18.0 Å². The van der Waals surface area contributed by atoms with Crippen LogP contribution in [0.15, 0.2) is 48.5 Å². The van der Waals surface area contributed by atoms with Crippen LogP contribution in [0.4, 0.5) is 10.1 Å². The van der Waals surface area contributed by atoms with Gasteiger partial charge in [-0.1, -0.05) is 30.3 Å². The lowest BCUT2D eigenvalue weighted by molar-refractivity contribution is -0.120. The van der Waals surface area contributed by atoms with Gasteiger partial charge >= 0.3 is 0 Å². The van der Waals surface area contributed by atoms with Gasteiger partial charge in [0.1, 0.15) is 12.4 Å². The maximum Gasteiger partial charge on any atom is 0.241 e. The third-order valence-corrected chi connectivity index (χ3v) is 5.63. The molecule has 26 heavy (non-hydrogen) atoms. The Labute approximate surface area is 152 Å². The van der Waals surface area contributed by atoms with Gasteiger partial charge in [-0.3, -0.25) is 9.10 Å². The van der Waals surface area contributed by atoms with E-state index in [2.05, 4.69) is 5.32 Å². The van der Waals surface area contributed by atoms with E-state index in [0.29, 0.717) is 0 Å². The van der Waals surface area contributed by atoms with Gasteiger partial charge in [0.15, 0.2) is 0 Å². The number of nitrogens with one attached hydrogen (secondary N) is 1.